The van der Waals surface area contributed by atoms with Gasteiger partial charge in [0.25, 0.3) is 0 Å². The van der Waals surface area contributed by atoms with Gasteiger partial charge in [-0.1, -0.05) is 0 Å². The van der Waals surface area contributed by atoms with Gasteiger partial charge < -0.3 is 4.57 Å². The summed E-state index contributed by atoms with van der Waals surface area (Å²) in [5.74, 6) is 0. The van der Waals surface area contributed by atoms with Gasteiger partial charge in [0.15, 0.2) is 0 Å². The van der Waals surface area contributed by atoms with Crippen LogP contribution in [0.5, 0.6) is 0 Å². The summed E-state index contributed by atoms with van der Waals surface area (Å²) in [5, 5.41) is 1.13. The van der Waals surface area contributed by atoms with Gasteiger partial charge in [0.05, 0.1) is 0 Å². The van der Waals surface area contributed by atoms with E-state index in [1.165, 1.54) is 25.7 Å². The van der Waals surface area contributed by atoms with Crippen molar-refractivity contribution in [2.24, 2.45) is 0 Å². The van der Waals surface area contributed by atoms with Crippen LogP contribution in [0.25, 0.3) is 0 Å². The van der Waals surface area contributed by atoms with Crippen LogP contribution in [-0.4, -0.2) is 16.3 Å². The van der Waals surface area contributed by atoms with Crippen LogP contribution < -0.4 is 5.30 Å². The first kappa shape index (κ1) is 9.59. The maximum absolute atomic E-state index is 13.1. The maximum Gasteiger partial charge on any atom is 0.121 e. The Morgan fingerprint density at radius 3 is 2.33 bits per heavy atom. The Kier molecular flexibility index (Phi) is 2.04. The normalized spacial score (nSPS) is 21.7. The molecule has 2 saturated carbocycles. The minimum Gasteiger partial charge on any atom is -0.318 e. The van der Waals surface area contributed by atoms with E-state index in [-0.39, 0.29) is 0 Å². The molecule has 0 unspecified atom stereocenters. The molecule has 1 aromatic heterocycles. The van der Waals surface area contributed by atoms with Crippen LogP contribution >= 0.6 is 7.14 Å². The summed E-state index contributed by atoms with van der Waals surface area (Å²) in [4.78, 5) is 4.10. The second-order valence-corrected chi connectivity index (χ2v) is 8.20. The van der Waals surface area contributed by atoms with Gasteiger partial charge in [0.2, 0.25) is 0 Å². The third-order valence-electron chi connectivity index (χ3n) is 3.55. The van der Waals surface area contributed by atoms with Crippen molar-refractivity contribution in [1.82, 2.24) is 4.98 Å². The van der Waals surface area contributed by atoms with Crippen LogP contribution in [0.15, 0.2) is 18.5 Å². The van der Waals surface area contributed by atoms with E-state index in [2.05, 4.69) is 4.98 Å². The van der Waals surface area contributed by atoms with Crippen molar-refractivity contribution in [3.63, 3.8) is 0 Å². The third kappa shape index (κ3) is 1.47. The van der Waals surface area contributed by atoms with Crippen LogP contribution in [0.2, 0.25) is 0 Å². The maximum atomic E-state index is 13.1. The standard InChI is InChI=1S/C12H16NOP/c1-9-8-13-7-6-12(9)15(14,10-2-3-10)11-4-5-11/h6-8,10-11H,2-5H2,1H3. The zero-order chi connectivity index (χ0) is 10.5. The quantitative estimate of drug-likeness (QED) is 0.734. The number of nitrogens with zero attached hydrogens (tertiary/aromatic N) is 1. The van der Waals surface area contributed by atoms with Crippen molar-refractivity contribution in [3.8, 4) is 0 Å². The molecule has 2 nitrogen and oxygen atoms in total. The van der Waals surface area contributed by atoms with Crippen molar-refractivity contribution < 1.29 is 4.57 Å². The average molecular weight is 221 g/mol. The second-order valence-electron chi connectivity index (χ2n) is 4.83. The summed E-state index contributed by atoms with van der Waals surface area (Å²) in [6.45, 7) is 2.04. The van der Waals surface area contributed by atoms with Gasteiger partial charge in [-0.25, -0.2) is 0 Å². The topological polar surface area (TPSA) is 30.0 Å². The molecule has 80 valence electrons. The van der Waals surface area contributed by atoms with Crippen molar-refractivity contribution in [2.75, 3.05) is 0 Å². The Bertz CT molecular complexity index is 419. The SMILES string of the molecule is Cc1cnccc1P(=O)(C1CC1)C1CC1. The van der Waals surface area contributed by atoms with Gasteiger partial charge in [0.1, 0.15) is 7.14 Å². The van der Waals surface area contributed by atoms with Crippen LogP contribution in [0.3, 0.4) is 0 Å². The lowest BCUT2D eigenvalue weighted by molar-refractivity contribution is 0.579. The molecule has 0 saturated heterocycles. The molecule has 0 radical (unpaired) electrons. The smallest absolute Gasteiger partial charge is 0.121 e. The zero-order valence-corrected chi connectivity index (χ0v) is 9.91. The Labute approximate surface area is 90.5 Å². The van der Waals surface area contributed by atoms with Crippen LogP contribution in [-0.2, 0) is 4.57 Å². The summed E-state index contributed by atoms with van der Waals surface area (Å²) < 4.78 is 13.1. The number of hydrogen-bond acceptors (Lipinski definition) is 2. The highest BCUT2D eigenvalue weighted by atomic mass is 31.2. The summed E-state index contributed by atoms with van der Waals surface area (Å²) in [6.07, 6.45) is 8.35. The number of rotatable bonds is 3. The first-order valence-electron chi connectivity index (χ1n) is 5.73. The fourth-order valence-corrected chi connectivity index (χ4v) is 6.59. The molecule has 0 aromatic carbocycles. The molecule has 0 atom stereocenters. The Balaban J connectivity index is 2.09. The molecule has 3 heteroatoms. The van der Waals surface area contributed by atoms with E-state index < -0.39 is 7.14 Å². The van der Waals surface area contributed by atoms with E-state index in [4.69, 9.17) is 0 Å². The van der Waals surface area contributed by atoms with E-state index in [9.17, 15) is 4.57 Å². The first-order chi connectivity index (χ1) is 7.23. The highest BCUT2D eigenvalue weighted by Gasteiger charge is 2.52. The molecule has 0 bridgehead atoms. The number of pyridine rings is 1. The lowest BCUT2D eigenvalue weighted by atomic mass is 10.3. The summed E-state index contributed by atoms with van der Waals surface area (Å²) >= 11 is 0. The first-order valence-corrected chi connectivity index (χ1v) is 7.58. The minimum absolute atomic E-state index is 0.506. The number of aryl methyl sites for hydroxylation is 1. The molecule has 3 rings (SSSR count). The van der Waals surface area contributed by atoms with Crippen LogP contribution in [0.1, 0.15) is 31.2 Å². The fraction of sp³-hybridized carbons (Fsp3) is 0.583. The highest BCUT2D eigenvalue weighted by molar-refractivity contribution is 7.73. The Morgan fingerprint density at radius 2 is 1.87 bits per heavy atom. The molecule has 2 fully saturated rings. The fourth-order valence-electron chi connectivity index (χ4n) is 2.47. The van der Waals surface area contributed by atoms with Crippen LogP contribution in [0.4, 0.5) is 0 Å². The van der Waals surface area contributed by atoms with Gasteiger partial charge in [-0.2, -0.15) is 0 Å². The van der Waals surface area contributed by atoms with E-state index in [0.717, 1.165) is 10.9 Å². The molecule has 15 heavy (non-hydrogen) atoms. The molecule has 0 spiro atoms. The van der Waals surface area contributed by atoms with E-state index >= 15 is 0 Å². The minimum atomic E-state index is -2.07. The Hall–Kier alpha value is -0.620. The van der Waals surface area contributed by atoms with Crippen molar-refractivity contribution >= 4 is 12.4 Å². The summed E-state index contributed by atoms with van der Waals surface area (Å²) in [6, 6.07) is 1.99. The number of hydrogen-bond donors (Lipinski definition) is 0. The predicted octanol–water partition coefficient (Wildman–Crippen LogP) is 2.70. The van der Waals surface area contributed by atoms with Gasteiger partial charge in [-0.3, -0.25) is 4.98 Å². The van der Waals surface area contributed by atoms with Gasteiger partial charge in [0, 0.05) is 29.0 Å². The molecular weight excluding hydrogens is 205 g/mol. The third-order valence-corrected chi connectivity index (χ3v) is 8.00. The summed E-state index contributed by atoms with van der Waals surface area (Å²) in [7, 11) is -2.07. The predicted molar refractivity (Wildman–Crippen MR) is 62.3 cm³/mol. The van der Waals surface area contributed by atoms with Crippen molar-refractivity contribution in [2.45, 2.75) is 43.9 Å². The van der Waals surface area contributed by atoms with Gasteiger partial charge in [-0.15, -0.1) is 0 Å². The van der Waals surface area contributed by atoms with Crippen molar-refractivity contribution in [3.05, 3.63) is 24.0 Å². The van der Waals surface area contributed by atoms with E-state index in [1.54, 1.807) is 6.20 Å². The lowest BCUT2D eigenvalue weighted by Gasteiger charge is -2.19. The molecule has 0 N–H and O–H groups in total. The van der Waals surface area contributed by atoms with E-state index in [0.29, 0.717) is 11.3 Å². The molecule has 1 heterocycles. The summed E-state index contributed by atoms with van der Waals surface area (Å²) in [5.41, 5.74) is 2.14. The highest BCUT2D eigenvalue weighted by Crippen LogP contribution is 2.69. The number of aromatic nitrogens is 1. The molecule has 1 aromatic rings. The molecule has 0 aliphatic heterocycles. The monoisotopic (exact) mass is 221 g/mol. The van der Waals surface area contributed by atoms with Crippen LogP contribution in [0, 0.1) is 6.92 Å². The zero-order valence-electron chi connectivity index (χ0n) is 9.02. The van der Waals surface area contributed by atoms with Crippen molar-refractivity contribution in [1.29, 1.82) is 0 Å². The molecule has 2 aliphatic carbocycles. The average Bonchev–Trinajstić information content (AvgIpc) is 3.06. The molecular formula is C12H16NOP. The van der Waals surface area contributed by atoms with Gasteiger partial charge >= 0.3 is 0 Å². The largest absolute Gasteiger partial charge is 0.318 e. The van der Waals surface area contributed by atoms with E-state index in [1.807, 2.05) is 19.2 Å². The van der Waals surface area contributed by atoms with Gasteiger partial charge in [-0.05, 0) is 44.2 Å². The Morgan fingerprint density at radius 1 is 1.27 bits per heavy atom. The molecule has 2 aliphatic rings. The second kappa shape index (κ2) is 3.18. The lowest BCUT2D eigenvalue weighted by Crippen LogP contribution is -2.15. The molecule has 0 amide bonds.